The van der Waals surface area contributed by atoms with Crippen LogP contribution < -0.4 is 10.1 Å². The Morgan fingerprint density at radius 2 is 1.84 bits per heavy atom. The van der Waals surface area contributed by atoms with Crippen LogP contribution in [0.5, 0.6) is 5.75 Å². The molecule has 1 aliphatic rings. The van der Waals surface area contributed by atoms with Gasteiger partial charge in [-0.2, -0.15) is 0 Å². The lowest BCUT2D eigenvalue weighted by Gasteiger charge is -2.34. The summed E-state index contributed by atoms with van der Waals surface area (Å²) >= 11 is 0. The number of amides is 2. The summed E-state index contributed by atoms with van der Waals surface area (Å²) in [4.78, 5) is 25.8. The first kappa shape index (κ1) is 19.2. The van der Waals surface area contributed by atoms with Crippen LogP contribution in [0.25, 0.3) is 0 Å². The molecule has 1 aromatic rings. The van der Waals surface area contributed by atoms with E-state index < -0.39 is 0 Å². The number of carbonyl (C=O) groups excluding carboxylic acids is 2. The van der Waals surface area contributed by atoms with Gasteiger partial charge < -0.3 is 20.1 Å². The molecular weight excluding hydrogens is 320 g/mol. The first-order chi connectivity index (χ1) is 12.0. The highest BCUT2D eigenvalue weighted by Gasteiger charge is 2.25. The van der Waals surface area contributed by atoms with Crippen LogP contribution in [0.2, 0.25) is 0 Å². The molecular formula is C19H28N2O4. The monoisotopic (exact) mass is 348 g/mol. The number of aliphatic hydroxyl groups excluding tert-OH is 1. The van der Waals surface area contributed by atoms with E-state index in [0.717, 1.165) is 25.1 Å². The van der Waals surface area contributed by atoms with Crippen LogP contribution in [0.3, 0.4) is 0 Å². The van der Waals surface area contributed by atoms with Gasteiger partial charge in [0.15, 0.2) is 6.61 Å². The molecule has 1 fully saturated rings. The molecule has 0 aromatic heterocycles. The van der Waals surface area contributed by atoms with Crippen LogP contribution in [0.1, 0.15) is 25.8 Å². The molecule has 0 radical (unpaired) electrons. The lowest BCUT2D eigenvalue weighted by molar-refractivity contribution is -0.136. The fourth-order valence-corrected chi connectivity index (χ4v) is 3.25. The van der Waals surface area contributed by atoms with Crippen molar-refractivity contribution >= 4 is 11.8 Å². The second-order valence-corrected chi connectivity index (χ2v) is 6.93. The zero-order chi connectivity index (χ0) is 18.2. The Bertz CT molecular complexity index is 563. The molecule has 0 spiro atoms. The van der Waals surface area contributed by atoms with E-state index in [0.29, 0.717) is 17.6 Å². The van der Waals surface area contributed by atoms with Crippen LogP contribution in [0.4, 0.5) is 0 Å². The Labute approximate surface area is 149 Å². The highest BCUT2D eigenvalue weighted by atomic mass is 16.5. The average molecular weight is 348 g/mol. The van der Waals surface area contributed by atoms with E-state index in [2.05, 4.69) is 19.2 Å². The summed E-state index contributed by atoms with van der Waals surface area (Å²) in [5.41, 5.74) is 0.854. The highest BCUT2D eigenvalue weighted by molar-refractivity contribution is 5.79. The van der Waals surface area contributed by atoms with Crippen LogP contribution in [0.15, 0.2) is 24.3 Å². The molecule has 2 rings (SSSR count). The third-order valence-corrected chi connectivity index (χ3v) is 4.31. The minimum Gasteiger partial charge on any atom is -0.484 e. The van der Waals surface area contributed by atoms with E-state index in [9.17, 15) is 9.59 Å². The Balaban J connectivity index is 1.79. The predicted molar refractivity (Wildman–Crippen MR) is 95.3 cm³/mol. The molecule has 1 heterocycles. The molecule has 2 N–H and O–H groups in total. The van der Waals surface area contributed by atoms with Crippen LogP contribution in [-0.2, 0) is 16.0 Å². The lowest BCUT2D eigenvalue weighted by atomic mass is 9.92. The van der Waals surface area contributed by atoms with Gasteiger partial charge in [0, 0.05) is 19.6 Å². The first-order valence-corrected chi connectivity index (χ1v) is 8.85. The zero-order valence-corrected chi connectivity index (χ0v) is 15.0. The number of aliphatic hydroxyl groups is 1. The molecule has 1 aromatic carbocycles. The number of hydrogen-bond donors (Lipinski definition) is 2. The van der Waals surface area contributed by atoms with Crippen molar-refractivity contribution in [2.24, 2.45) is 11.8 Å². The summed E-state index contributed by atoms with van der Waals surface area (Å²) in [5, 5.41) is 11.3. The Morgan fingerprint density at radius 1 is 1.20 bits per heavy atom. The van der Waals surface area contributed by atoms with Crippen molar-refractivity contribution in [1.29, 1.82) is 0 Å². The van der Waals surface area contributed by atoms with E-state index in [-0.39, 0.29) is 38.0 Å². The predicted octanol–water partition coefficient (Wildman–Crippen LogP) is 1.22. The quantitative estimate of drug-likeness (QED) is 0.777. The van der Waals surface area contributed by atoms with Gasteiger partial charge in [0.25, 0.3) is 5.91 Å². The third kappa shape index (κ3) is 6.38. The number of benzene rings is 1. The smallest absolute Gasteiger partial charge is 0.260 e. The molecule has 0 bridgehead atoms. The second-order valence-electron chi connectivity index (χ2n) is 6.93. The molecule has 0 aliphatic carbocycles. The molecule has 138 valence electrons. The molecule has 0 saturated carbocycles. The van der Waals surface area contributed by atoms with Crippen LogP contribution in [-0.4, -0.2) is 54.7 Å². The molecule has 1 saturated heterocycles. The van der Waals surface area contributed by atoms with Gasteiger partial charge >= 0.3 is 0 Å². The summed E-state index contributed by atoms with van der Waals surface area (Å²) in [6.45, 7) is 6.17. The molecule has 2 atom stereocenters. The fraction of sp³-hybridized carbons (Fsp3) is 0.579. The van der Waals surface area contributed by atoms with Crippen molar-refractivity contribution in [3.63, 3.8) is 0 Å². The maximum absolute atomic E-state index is 12.3. The van der Waals surface area contributed by atoms with Crippen LogP contribution >= 0.6 is 0 Å². The number of likely N-dealkylation sites (tertiary alicyclic amines) is 1. The molecule has 1 aliphatic heterocycles. The van der Waals surface area contributed by atoms with E-state index in [4.69, 9.17) is 9.84 Å². The lowest BCUT2D eigenvalue weighted by Crippen LogP contribution is -2.44. The van der Waals surface area contributed by atoms with Crippen molar-refractivity contribution in [3.8, 4) is 5.75 Å². The van der Waals surface area contributed by atoms with Crippen molar-refractivity contribution in [1.82, 2.24) is 10.2 Å². The number of nitrogens with one attached hydrogen (secondary N) is 1. The van der Waals surface area contributed by atoms with E-state index in [1.165, 1.54) is 0 Å². The number of rotatable bonds is 7. The summed E-state index contributed by atoms with van der Waals surface area (Å²) in [6, 6.07) is 7.15. The van der Waals surface area contributed by atoms with Gasteiger partial charge in [0.1, 0.15) is 5.75 Å². The Kier molecular flexibility index (Phi) is 7.25. The van der Waals surface area contributed by atoms with Gasteiger partial charge in [-0.15, -0.1) is 0 Å². The summed E-state index contributed by atoms with van der Waals surface area (Å²) < 4.78 is 5.59. The summed E-state index contributed by atoms with van der Waals surface area (Å²) in [6.07, 6.45) is 1.42. The maximum atomic E-state index is 12.3. The van der Waals surface area contributed by atoms with Gasteiger partial charge in [0.2, 0.25) is 5.91 Å². The van der Waals surface area contributed by atoms with Crippen molar-refractivity contribution < 1.29 is 19.4 Å². The van der Waals surface area contributed by atoms with Gasteiger partial charge in [-0.25, -0.2) is 0 Å². The minimum absolute atomic E-state index is 0.0193. The Morgan fingerprint density at radius 3 is 2.44 bits per heavy atom. The molecule has 6 nitrogen and oxygen atoms in total. The van der Waals surface area contributed by atoms with Crippen molar-refractivity contribution in [2.45, 2.75) is 26.7 Å². The fourth-order valence-electron chi connectivity index (χ4n) is 3.25. The standard InChI is InChI=1S/C19H28N2O4/c1-14-9-15(2)12-21(11-14)19(24)13-25-17-5-3-16(4-6-17)10-18(23)20-7-8-22/h3-6,14-15,22H,7-13H2,1-2H3,(H,20,23)/t14-,15-/m1/s1. The first-order valence-electron chi connectivity index (χ1n) is 8.85. The van der Waals surface area contributed by atoms with Crippen LogP contribution in [0, 0.1) is 11.8 Å². The molecule has 0 unspecified atom stereocenters. The summed E-state index contributed by atoms with van der Waals surface area (Å²) in [7, 11) is 0. The number of nitrogens with zero attached hydrogens (tertiary/aromatic N) is 1. The number of ether oxygens (including phenoxy) is 1. The van der Waals surface area contributed by atoms with Gasteiger partial charge in [-0.1, -0.05) is 26.0 Å². The molecule has 6 heteroatoms. The molecule has 2 amide bonds. The number of piperidine rings is 1. The minimum atomic E-state index is -0.133. The van der Waals surface area contributed by atoms with Crippen molar-refractivity contribution in [3.05, 3.63) is 29.8 Å². The zero-order valence-electron chi connectivity index (χ0n) is 15.0. The molecule has 25 heavy (non-hydrogen) atoms. The highest BCUT2D eigenvalue weighted by Crippen LogP contribution is 2.21. The largest absolute Gasteiger partial charge is 0.484 e. The van der Waals surface area contributed by atoms with E-state index in [1.807, 2.05) is 17.0 Å². The average Bonchev–Trinajstić information content (AvgIpc) is 2.58. The topological polar surface area (TPSA) is 78.9 Å². The van der Waals surface area contributed by atoms with Gasteiger partial charge in [-0.3, -0.25) is 9.59 Å². The SMILES string of the molecule is C[C@@H]1C[C@@H](C)CN(C(=O)COc2ccc(CC(=O)NCCO)cc2)C1. The van der Waals surface area contributed by atoms with Crippen molar-refractivity contribution in [2.75, 3.05) is 32.8 Å². The number of carbonyl (C=O) groups is 2. The van der Waals surface area contributed by atoms with E-state index in [1.54, 1.807) is 12.1 Å². The third-order valence-electron chi connectivity index (χ3n) is 4.31. The Hall–Kier alpha value is -2.08. The number of hydrogen-bond acceptors (Lipinski definition) is 4. The normalized spacial score (nSPS) is 20.2. The summed E-state index contributed by atoms with van der Waals surface area (Å²) in [5.74, 6) is 1.57. The van der Waals surface area contributed by atoms with E-state index >= 15 is 0 Å². The second kappa shape index (κ2) is 9.42. The van der Waals surface area contributed by atoms with Gasteiger partial charge in [-0.05, 0) is 36.0 Å². The van der Waals surface area contributed by atoms with Gasteiger partial charge in [0.05, 0.1) is 13.0 Å². The maximum Gasteiger partial charge on any atom is 0.260 e.